The van der Waals surface area contributed by atoms with Crippen LogP contribution in [0, 0.1) is 0 Å². The van der Waals surface area contributed by atoms with Crippen LogP contribution >= 0.6 is 0 Å². The minimum Gasteiger partial charge on any atom is -0.353 e. The van der Waals surface area contributed by atoms with Crippen LogP contribution < -0.4 is 10.6 Å². The number of Topliss-reactive ketones (excluding diaryl/α,β-unsaturated/α-hetero) is 1. The van der Waals surface area contributed by atoms with Gasteiger partial charge in [-0.25, -0.2) is 8.78 Å². The van der Waals surface area contributed by atoms with E-state index >= 15 is 0 Å². The van der Waals surface area contributed by atoms with E-state index in [2.05, 4.69) is 55.7 Å². The second-order valence-corrected chi connectivity index (χ2v) is 10.5. The zero-order valence-corrected chi connectivity index (χ0v) is 21.7. The minimum absolute atomic E-state index is 0.0151. The van der Waals surface area contributed by atoms with Gasteiger partial charge in [0.2, 0.25) is 5.91 Å². The quantitative estimate of drug-likeness (QED) is 0.372. The molecule has 1 aliphatic carbocycles. The summed E-state index contributed by atoms with van der Waals surface area (Å²) in [4.78, 5) is 23.9. The Kier molecular flexibility index (Phi) is 10.6. The van der Waals surface area contributed by atoms with Crippen molar-refractivity contribution in [2.24, 2.45) is 0 Å². The van der Waals surface area contributed by atoms with E-state index in [0.29, 0.717) is 43.6 Å². The summed E-state index contributed by atoms with van der Waals surface area (Å²) in [5.41, 5.74) is 2.82. The molecular weight excluding hydrogens is 446 g/mol. The average molecular weight is 487 g/mol. The van der Waals surface area contributed by atoms with Crippen LogP contribution in [0.25, 0.3) is 0 Å². The fraction of sp³-hybridized carbons (Fsp3) is 0.517. The Labute approximate surface area is 209 Å². The van der Waals surface area contributed by atoms with Crippen molar-refractivity contribution in [2.75, 3.05) is 6.54 Å². The standard InChI is InChI=1S/C29H40F2N2O2/c1-6-22(18-25(31)12-16-30)19-26(33-21(2)34)13-17-32-29(14-10-27(35)11-15-29)24-9-7-8-23(20-24)28(3,4)5/h6-9,12,16,18,20,26,32H,10-11,13-15,17,19H2,1-5H3,(H,33,34)/b16-12+,22-6+,25-18+/t26-/m1/s1. The molecule has 1 atom stereocenters. The third-order valence-electron chi connectivity index (χ3n) is 6.70. The minimum atomic E-state index is -0.676. The maximum Gasteiger partial charge on any atom is 0.217 e. The van der Waals surface area contributed by atoms with Crippen molar-refractivity contribution in [3.8, 4) is 0 Å². The molecule has 2 rings (SSSR count). The predicted octanol–water partition coefficient (Wildman–Crippen LogP) is 6.48. The van der Waals surface area contributed by atoms with Crippen LogP contribution in [0.5, 0.6) is 0 Å². The molecule has 1 amide bonds. The van der Waals surface area contributed by atoms with E-state index in [-0.39, 0.29) is 29.2 Å². The third-order valence-corrected chi connectivity index (χ3v) is 6.70. The van der Waals surface area contributed by atoms with Gasteiger partial charge in [0.1, 0.15) is 11.6 Å². The molecule has 1 saturated carbocycles. The highest BCUT2D eigenvalue weighted by atomic mass is 19.1. The lowest BCUT2D eigenvalue weighted by molar-refractivity contribution is -0.122. The largest absolute Gasteiger partial charge is 0.353 e. The molecule has 1 aromatic rings. The summed E-state index contributed by atoms with van der Waals surface area (Å²) in [7, 11) is 0. The summed E-state index contributed by atoms with van der Waals surface area (Å²) in [5.74, 6) is -0.543. The maximum absolute atomic E-state index is 13.8. The van der Waals surface area contributed by atoms with Crippen LogP contribution in [0.1, 0.15) is 84.3 Å². The van der Waals surface area contributed by atoms with Crippen molar-refractivity contribution in [3.63, 3.8) is 0 Å². The van der Waals surface area contributed by atoms with Gasteiger partial charge in [0.25, 0.3) is 0 Å². The topological polar surface area (TPSA) is 58.2 Å². The lowest BCUT2D eigenvalue weighted by atomic mass is 9.74. The monoisotopic (exact) mass is 486 g/mol. The van der Waals surface area contributed by atoms with E-state index in [1.165, 1.54) is 24.1 Å². The van der Waals surface area contributed by atoms with Crippen molar-refractivity contribution >= 4 is 11.7 Å². The van der Waals surface area contributed by atoms with E-state index in [4.69, 9.17) is 0 Å². The molecule has 6 heteroatoms. The summed E-state index contributed by atoms with van der Waals surface area (Å²) in [6.45, 7) is 10.4. The van der Waals surface area contributed by atoms with Gasteiger partial charge in [-0.3, -0.25) is 9.59 Å². The third kappa shape index (κ3) is 8.84. The van der Waals surface area contributed by atoms with Gasteiger partial charge in [0, 0.05) is 37.4 Å². The van der Waals surface area contributed by atoms with Crippen LogP contribution in [-0.2, 0) is 20.5 Å². The smallest absolute Gasteiger partial charge is 0.217 e. The van der Waals surface area contributed by atoms with Crippen LogP contribution in [0.4, 0.5) is 8.78 Å². The average Bonchev–Trinajstić information content (AvgIpc) is 2.79. The van der Waals surface area contributed by atoms with E-state index in [1.54, 1.807) is 13.0 Å². The predicted molar refractivity (Wildman–Crippen MR) is 138 cm³/mol. The van der Waals surface area contributed by atoms with Gasteiger partial charge in [0.15, 0.2) is 0 Å². The molecule has 4 nitrogen and oxygen atoms in total. The molecule has 0 unspecified atom stereocenters. The Balaban J connectivity index is 2.20. The Morgan fingerprint density at radius 1 is 1.23 bits per heavy atom. The molecule has 0 spiro atoms. The van der Waals surface area contributed by atoms with Crippen molar-refractivity contribution in [1.29, 1.82) is 0 Å². The first-order valence-electron chi connectivity index (χ1n) is 12.4. The number of halogens is 2. The number of carbonyl (C=O) groups excluding carboxylic acids is 2. The number of benzene rings is 1. The van der Waals surface area contributed by atoms with E-state index in [1.807, 2.05) is 0 Å². The van der Waals surface area contributed by atoms with E-state index in [9.17, 15) is 18.4 Å². The first-order valence-corrected chi connectivity index (χ1v) is 12.4. The number of carbonyl (C=O) groups is 2. The molecule has 35 heavy (non-hydrogen) atoms. The van der Waals surface area contributed by atoms with Crippen molar-refractivity contribution < 1.29 is 18.4 Å². The highest BCUT2D eigenvalue weighted by Crippen LogP contribution is 2.37. The zero-order valence-electron chi connectivity index (χ0n) is 21.7. The SMILES string of the molecule is C\C=C(/C=C(F)\C=C\F)C[C@@H](CCNC1(c2cccc(C(C)(C)C)c2)CCC(=O)CC1)NC(C)=O. The summed E-state index contributed by atoms with van der Waals surface area (Å²) in [5, 5.41) is 6.69. The van der Waals surface area contributed by atoms with Crippen LogP contribution in [0.15, 0.2) is 60.2 Å². The van der Waals surface area contributed by atoms with Gasteiger partial charge in [-0.15, -0.1) is 0 Å². The van der Waals surface area contributed by atoms with Gasteiger partial charge in [-0.2, -0.15) is 0 Å². The number of hydrogen-bond donors (Lipinski definition) is 2. The summed E-state index contributed by atoms with van der Waals surface area (Å²) < 4.78 is 26.1. The van der Waals surface area contributed by atoms with Crippen molar-refractivity contribution in [3.05, 3.63) is 71.4 Å². The van der Waals surface area contributed by atoms with Crippen LogP contribution in [0.2, 0.25) is 0 Å². The van der Waals surface area contributed by atoms with Crippen LogP contribution in [-0.4, -0.2) is 24.3 Å². The molecule has 2 N–H and O–H groups in total. The Morgan fingerprint density at radius 2 is 1.91 bits per heavy atom. The molecule has 0 bridgehead atoms. The molecule has 0 aliphatic heterocycles. The first-order chi connectivity index (χ1) is 16.5. The molecule has 1 fully saturated rings. The number of amides is 1. The van der Waals surface area contributed by atoms with E-state index < -0.39 is 5.83 Å². The molecule has 192 valence electrons. The summed E-state index contributed by atoms with van der Waals surface area (Å²) in [6.07, 6.45) is 7.56. The zero-order chi connectivity index (χ0) is 26.1. The van der Waals surface area contributed by atoms with Gasteiger partial charge in [-0.1, -0.05) is 51.1 Å². The Hall–Kier alpha value is -2.60. The Morgan fingerprint density at radius 3 is 2.49 bits per heavy atom. The van der Waals surface area contributed by atoms with Gasteiger partial charge < -0.3 is 10.6 Å². The lowest BCUT2D eigenvalue weighted by Crippen LogP contribution is -2.47. The van der Waals surface area contributed by atoms with Crippen molar-refractivity contribution in [1.82, 2.24) is 10.6 Å². The van der Waals surface area contributed by atoms with Crippen molar-refractivity contribution in [2.45, 2.75) is 90.1 Å². The maximum atomic E-state index is 13.8. The molecule has 0 saturated heterocycles. The summed E-state index contributed by atoms with van der Waals surface area (Å²) in [6, 6.07) is 8.39. The second-order valence-electron chi connectivity index (χ2n) is 10.5. The first kappa shape index (κ1) is 28.6. The number of rotatable bonds is 10. The Bertz CT molecular complexity index is 963. The highest BCUT2D eigenvalue weighted by Gasteiger charge is 2.36. The second kappa shape index (κ2) is 12.9. The van der Waals surface area contributed by atoms with Gasteiger partial charge >= 0.3 is 0 Å². The number of nitrogens with one attached hydrogen (secondary N) is 2. The summed E-state index contributed by atoms with van der Waals surface area (Å²) >= 11 is 0. The highest BCUT2D eigenvalue weighted by molar-refractivity contribution is 5.79. The molecule has 1 aromatic carbocycles. The molecule has 1 aliphatic rings. The fourth-order valence-corrected chi connectivity index (χ4v) is 4.63. The number of ketones is 1. The fourth-order valence-electron chi connectivity index (χ4n) is 4.63. The van der Waals surface area contributed by atoms with Crippen LogP contribution in [0.3, 0.4) is 0 Å². The number of hydrogen-bond acceptors (Lipinski definition) is 3. The molecule has 0 aromatic heterocycles. The van der Waals surface area contributed by atoms with Gasteiger partial charge in [-0.05, 0) is 67.3 Å². The number of allylic oxidation sites excluding steroid dienone is 4. The normalized spacial score (nSPS) is 18.1. The molecule has 0 heterocycles. The lowest BCUT2D eigenvalue weighted by Gasteiger charge is -2.39. The van der Waals surface area contributed by atoms with E-state index in [0.717, 1.165) is 18.9 Å². The molecular formula is C29H40F2N2O2. The molecule has 0 radical (unpaired) electrons. The van der Waals surface area contributed by atoms with Gasteiger partial charge in [0.05, 0.1) is 6.33 Å².